The molecule has 0 radical (unpaired) electrons. The molecule has 0 aliphatic carbocycles. The number of benzene rings is 3. The zero-order valence-corrected chi connectivity index (χ0v) is 22.1. The van der Waals surface area contributed by atoms with E-state index in [2.05, 4.69) is 36.2 Å². The van der Waals surface area contributed by atoms with E-state index in [4.69, 9.17) is 9.15 Å². The molecule has 196 valence electrons. The van der Waals surface area contributed by atoms with Crippen LogP contribution in [0.1, 0.15) is 41.4 Å². The van der Waals surface area contributed by atoms with Crippen LogP contribution in [0.15, 0.2) is 77.2 Å². The number of nitrogens with zero attached hydrogens (tertiary/aromatic N) is 2. The van der Waals surface area contributed by atoms with Crippen LogP contribution in [0.5, 0.6) is 5.75 Å². The zero-order valence-electron chi connectivity index (χ0n) is 22.1. The van der Waals surface area contributed by atoms with E-state index >= 15 is 0 Å². The number of nitrogens with one attached hydrogen (secondary N) is 1. The molecular weight excluding hydrogens is 478 g/mol. The van der Waals surface area contributed by atoms with Gasteiger partial charge in [-0.25, -0.2) is 0 Å². The topological polar surface area (TPSA) is 75.0 Å². The lowest BCUT2D eigenvalue weighted by Crippen LogP contribution is -2.48. The molecule has 5 rings (SSSR count). The fourth-order valence-electron chi connectivity index (χ4n) is 4.75. The van der Waals surface area contributed by atoms with Crippen molar-refractivity contribution in [3.05, 3.63) is 89.7 Å². The van der Waals surface area contributed by atoms with Gasteiger partial charge in [0.2, 0.25) is 0 Å². The van der Waals surface area contributed by atoms with Crippen LogP contribution in [-0.2, 0) is 4.79 Å². The summed E-state index contributed by atoms with van der Waals surface area (Å²) < 4.78 is 11.6. The van der Waals surface area contributed by atoms with E-state index < -0.39 is 0 Å². The third-order valence-electron chi connectivity index (χ3n) is 6.87. The molecule has 1 N–H and O–H groups in total. The van der Waals surface area contributed by atoms with Gasteiger partial charge in [0, 0.05) is 42.9 Å². The maximum absolute atomic E-state index is 12.9. The van der Waals surface area contributed by atoms with Crippen molar-refractivity contribution in [3.8, 4) is 5.75 Å². The highest BCUT2D eigenvalue weighted by atomic mass is 16.5. The molecule has 3 aromatic carbocycles. The van der Waals surface area contributed by atoms with Crippen molar-refractivity contribution in [1.82, 2.24) is 4.90 Å². The average molecular weight is 512 g/mol. The van der Waals surface area contributed by atoms with Crippen LogP contribution in [0.2, 0.25) is 0 Å². The molecule has 0 saturated carbocycles. The Kier molecular flexibility index (Phi) is 7.36. The first-order chi connectivity index (χ1) is 18.4. The molecule has 4 aromatic rings. The van der Waals surface area contributed by atoms with Crippen LogP contribution in [-0.4, -0.2) is 49.5 Å². The van der Waals surface area contributed by atoms with Crippen LogP contribution < -0.4 is 15.0 Å². The predicted molar refractivity (Wildman–Crippen MR) is 150 cm³/mol. The number of hydrogen-bond donors (Lipinski definition) is 1. The number of carbonyl (C=O) groups excluding carboxylic acids is 2. The van der Waals surface area contributed by atoms with Crippen molar-refractivity contribution >= 4 is 34.2 Å². The summed E-state index contributed by atoms with van der Waals surface area (Å²) in [5.74, 6) is 1.17. The van der Waals surface area contributed by atoms with Crippen molar-refractivity contribution in [1.29, 1.82) is 0 Å². The van der Waals surface area contributed by atoms with Gasteiger partial charge in [0.1, 0.15) is 11.3 Å². The predicted octanol–water partition coefficient (Wildman–Crippen LogP) is 5.84. The molecule has 1 aromatic heterocycles. The number of aryl methyl sites for hydroxylation is 1. The Morgan fingerprint density at radius 2 is 1.68 bits per heavy atom. The first kappa shape index (κ1) is 25.4. The van der Waals surface area contributed by atoms with Gasteiger partial charge in [-0.05, 0) is 66.4 Å². The van der Waals surface area contributed by atoms with Crippen LogP contribution in [0, 0.1) is 6.92 Å². The normalized spacial score (nSPS) is 13.7. The third-order valence-corrected chi connectivity index (χ3v) is 6.87. The molecule has 2 amide bonds. The molecule has 0 spiro atoms. The van der Waals surface area contributed by atoms with Gasteiger partial charge in [0.25, 0.3) is 11.8 Å². The van der Waals surface area contributed by atoms with Gasteiger partial charge in [-0.15, -0.1) is 0 Å². The van der Waals surface area contributed by atoms with Crippen LogP contribution in [0.3, 0.4) is 0 Å². The van der Waals surface area contributed by atoms with Crippen molar-refractivity contribution in [2.24, 2.45) is 0 Å². The highest BCUT2D eigenvalue weighted by Crippen LogP contribution is 2.28. The summed E-state index contributed by atoms with van der Waals surface area (Å²) in [5.41, 5.74) is 4.68. The quantitative estimate of drug-likeness (QED) is 0.337. The first-order valence-electron chi connectivity index (χ1n) is 13.0. The second-order valence-electron chi connectivity index (χ2n) is 10.0. The fraction of sp³-hybridized carbons (Fsp3) is 0.290. The number of amides is 2. The van der Waals surface area contributed by atoms with Crippen LogP contribution in [0.4, 0.5) is 11.4 Å². The third kappa shape index (κ3) is 5.67. The van der Waals surface area contributed by atoms with Gasteiger partial charge >= 0.3 is 0 Å². The van der Waals surface area contributed by atoms with E-state index in [1.807, 2.05) is 72.5 Å². The molecule has 7 nitrogen and oxygen atoms in total. The largest absolute Gasteiger partial charge is 0.483 e. The number of fused-ring (bicyclic) bond motifs is 1. The summed E-state index contributed by atoms with van der Waals surface area (Å²) in [7, 11) is 0. The summed E-state index contributed by atoms with van der Waals surface area (Å²) in [5, 5.41) is 3.84. The molecule has 1 saturated heterocycles. The highest BCUT2D eigenvalue weighted by Gasteiger charge is 2.24. The van der Waals surface area contributed by atoms with Gasteiger partial charge in [-0.2, -0.15) is 0 Å². The second-order valence-corrected chi connectivity index (χ2v) is 10.0. The van der Waals surface area contributed by atoms with E-state index in [0.717, 1.165) is 52.3 Å². The van der Waals surface area contributed by atoms with Crippen molar-refractivity contribution in [2.45, 2.75) is 26.7 Å². The fourth-order valence-corrected chi connectivity index (χ4v) is 4.75. The Balaban J connectivity index is 1.12. The molecule has 38 heavy (non-hydrogen) atoms. The first-order valence-corrected chi connectivity index (χ1v) is 13.0. The molecular formula is C31H33N3O4. The minimum Gasteiger partial charge on any atom is -0.483 e. The van der Waals surface area contributed by atoms with E-state index in [1.165, 1.54) is 0 Å². The summed E-state index contributed by atoms with van der Waals surface area (Å²) in [6.07, 6.45) is 0. The maximum Gasteiger partial charge on any atom is 0.289 e. The number of furan rings is 1. The molecule has 1 aliphatic rings. The molecule has 0 atom stereocenters. The molecule has 0 unspecified atom stereocenters. The van der Waals surface area contributed by atoms with Gasteiger partial charge in [0.15, 0.2) is 12.4 Å². The Morgan fingerprint density at radius 3 is 2.39 bits per heavy atom. The second kappa shape index (κ2) is 11.0. The lowest BCUT2D eigenvalue weighted by molar-refractivity contribution is -0.118. The lowest BCUT2D eigenvalue weighted by atomic mass is 10.0. The molecule has 0 bridgehead atoms. The minimum atomic E-state index is -0.202. The van der Waals surface area contributed by atoms with E-state index in [0.29, 0.717) is 24.8 Å². The number of rotatable bonds is 7. The molecule has 1 fully saturated rings. The van der Waals surface area contributed by atoms with E-state index in [1.54, 1.807) is 0 Å². The monoisotopic (exact) mass is 511 g/mol. The van der Waals surface area contributed by atoms with Gasteiger partial charge in [-0.1, -0.05) is 44.2 Å². The van der Waals surface area contributed by atoms with E-state index in [-0.39, 0.29) is 18.4 Å². The number of para-hydroxylation sites is 1. The summed E-state index contributed by atoms with van der Waals surface area (Å²) >= 11 is 0. The number of carbonyl (C=O) groups is 2. The number of piperazine rings is 1. The van der Waals surface area contributed by atoms with Crippen molar-refractivity contribution in [2.75, 3.05) is 43.0 Å². The van der Waals surface area contributed by atoms with Crippen molar-refractivity contribution in [3.63, 3.8) is 0 Å². The summed E-state index contributed by atoms with van der Waals surface area (Å²) in [6, 6.07) is 23.3. The molecule has 1 aliphatic heterocycles. The Bertz CT molecular complexity index is 1400. The summed E-state index contributed by atoms with van der Waals surface area (Å²) in [6.45, 7) is 8.85. The van der Waals surface area contributed by atoms with E-state index in [9.17, 15) is 9.59 Å². The van der Waals surface area contributed by atoms with Crippen molar-refractivity contribution < 1.29 is 18.7 Å². The van der Waals surface area contributed by atoms with Crippen LogP contribution in [0.25, 0.3) is 11.0 Å². The molecule has 2 heterocycles. The Hall–Kier alpha value is -4.26. The average Bonchev–Trinajstić information content (AvgIpc) is 3.36. The highest BCUT2D eigenvalue weighted by molar-refractivity contribution is 5.96. The Morgan fingerprint density at radius 1 is 0.947 bits per heavy atom. The van der Waals surface area contributed by atoms with Gasteiger partial charge in [-0.3, -0.25) is 9.59 Å². The smallest absolute Gasteiger partial charge is 0.289 e. The number of ether oxygens (including phenoxy) is 1. The van der Waals surface area contributed by atoms with Gasteiger partial charge < -0.3 is 24.3 Å². The SMILES string of the molecule is Cc1ccc(C(C)C)c(OCC(=O)Nc2ccc(N3CCN(C(=O)c4cc5ccccc5o4)CC3)cc2)c1. The van der Waals surface area contributed by atoms with Gasteiger partial charge in [0.05, 0.1) is 0 Å². The number of anilines is 2. The lowest BCUT2D eigenvalue weighted by Gasteiger charge is -2.35. The Labute approximate surface area is 223 Å². The summed E-state index contributed by atoms with van der Waals surface area (Å²) in [4.78, 5) is 29.5. The zero-order chi connectivity index (χ0) is 26.6. The standard InChI is InChI=1S/C31H33N3O4/c1-21(2)26-13-8-22(3)18-28(26)37-20-30(35)32-24-9-11-25(12-10-24)33-14-16-34(17-15-33)31(36)29-19-23-6-4-5-7-27(23)38-29/h4-13,18-19,21H,14-17,20H2,1-3H3,(H,32,35). The maximum atomic E-state index is 12.9. The number of hydrogen-bond acceptors (Lipinski definition) is 5. The van der Waals surface area contributed by atoms with Crippen LogP contribution >= 0.6 is 0 Å². The molecule has 7 heteroatoms. The minimum absolute atomic E-state index is 0.0495.